The lowest BCUT2D eigenvalue weighted by Crippen LogP contribution is -2.27. The number of hydrogen-bond donors (Lipinski definition) is 0. The van der Waals surface area contributed by atoms with Gasteiger partial charge in [-0.1, -0.05) is 6.92 Å². The topological polar surface area (TPSA) is 46.1 Å². The van der Waals surface area contributed by atoms with Crippen molar-refractivity contribution < 1.29 is 4.79 Å². The Hall–Kier alpha value is -1.49. The quantitative estimate of drug-likeness (QED) is 0.853. The molecule has 0 aliphatic carbocycles. The molecule has 1 aliphatic rings. The van der Waals surface area contributed by atoms with Gasteiger partial charge in [0.2, 0.25) is 0 Å². The molecule has 1 saturated heterocycles. The van der Waals surface area contributed by atoms with Crippen LogP contribution >= 0.6 is 11.3 Å². The molecule has 20 heavy (non-hydrogen) atoms. The summed E-state index contributed by atoms with van der Waals surface area (Å²) in [5.41, 5.74) is 2.03. The predicted molar refractivity (Wildman–Crippen MR) is 81.4 cm³/mol. The Morgan fingerprint density at radius 2 is 1.95 bits per heavy atom. The van der Waals surface area contributed by atoms with E-state index in [1.54, 1.807) is 0 Å². The maximum absolute atomic E-state index is 12.6. The minimum atomic E-state index is 0.167. The number of aromatic nitrogens is 2. The van der Waals surface area contributed by atoms with Crippen molar-refractivity contribution in [1.82, 2.24) is 14.9 Å². The summed E-state index contributed by atoms with van der Waals surface area (Å²) in [6.07, 6.45) is 3.06. The van der Waals surface area contributed by atoms with Crippen LogP contribution in [0.4, 0.5) is 0 Å². The zero-order valence-corrected chi connectivity index (χ0v) is 13.0. The van der Waals surface area contributed by atoms with Gasteiger partial charge in [0.05, 0.1) is 4.88 Å². The Kier molecular flexibility index (Phi) is 3.46. The summed E-state index contributed by atoms with van der Waals surface area (Å²) in [5, 5.41) is 1.06. The van der Waals surface area contributed by atoms with Crippen LogP contribution < -0.4 is 0 Å². The van der Waals surface area contributed by atoms with Crippen LogP contribution in [-0.4, -0.2) is 33.9 Å². The van der Waals surface area contributed by atoms with Gasteiger partial charge in [0, 0.05) is 30.6 Å². The van der Waals surface area contributed by atoms with Crippen molar-refractivity contribution in [2.24, 2.45) is 0 Å². The smallest absolute Gasteiger partial charge is 0.264 e. The number of fused-ring (bicyclic) bond motifs is 1. The van der Waals surface area contributed by atoms with Gasteiger partial charge in [-0.25, -0.2) is 9.97 Å². The van der Waals surface area contributed by atoms with E-state index >= 15 is 0 Å². The van der Waals surface area contributed by atoms with E-state index in [4.69, 9.17) is 0 Å². The third kappa shape index (κ3) is 2.10. The van der Waals surface area contributed by atoms with Gasteiger partial charge in [-0.05, 0) is 32.3 Å². The van der Waals surface area contributed by atoms with Crippen molar-refractivity contribution in [3.63, 3.8) is 0 Å². The highest BCUT2D eigenvalue weighted by molar-refractivity contribution is 7.20. The maximum atomic E-state index is 12.6. The highest BCUT2D eigenvalue weighted by Crippen LogP contribution is 2.32. The van der Waals surface area contributed by atoms with Crippen molar-refractivity contribution in [2.75, 3.05) is 13.1 Å². The van der Waals surface area contributed by atoms with Crippen LogP contribution in [0.15, 0.2) is 0 Å². The summed E-state index contributed by atoms with van der Waals surface area (Å²) in [6, 6.07) is 0. The van der Waals surface area contributed by atoms with Crippen molar-refractivity contribution in [2.45, 2.75) is 40.0 Å². The highest BCUT2D eigenvalue weighted by atomic mass is 32.1. The molecule has 0 spiro atoms. The zero-order chi connectivity index (χ0) is 14.3. The number of rotatable bonds is 2. The molecule has 0 atom stereocenters. The molecule has 0 N–H and O–H groups in total. The molecule has 0 saturated carbocycles. The Morgan fingerprint density at radius 3 is 2.60 bits per heavy atom. The number of thiophene rings is 1. The molecule has 3 heterocycles. The van der Waals surface area contributed by atoms with Gasteiger partial charge in [0.25, 0.3) is 5.91 Å². The summed E-state index contributed by atoms with van der Waals surface area (Å²) in [5.74, 6) is 1.02. The molecule has 0 bridgehead atoms. The summed E-state index contributed by atoms with van der Waals surface area (Å²) in [6.45, 7) is 7.85. The first kappa shape index (κ1) is 13.5. The summed E-state index contributed by atoms with van der Waals surface area (Å²) in [7, 11) is 0. The average molecular weight is 289 g/mol. The lowest BCUT2D eigenvalue weighted by Gasteiger charge is -2.14. The van der Waals surface area contributed by atoms with Crippen LogP contribution in [0.5, 0.6) is 0 Å². The Morgan fingerprint density at radius 1 is 1.25 bits per heavy atom. The molecule has 2 aromatic rings. The Bertz CT molecular complexity index is 671. The fraction of sp³-hybridized carbons (Fsp3) is 0.533. The minimum Gasteiger partial charge on any atom is -0.338 e. The van der Waals surface area contributed by atoms with Crippen molar-refractivity contribution >= 4 is 27.5 Å². The second kappa shape index (κ2) is 5.13. The Labute approximate surface area is 122 Å². The molecule has 3 rings (SSSR count). The van der Waals surface area contributed by atoms with Gasteiger partial charge in [0.15, 0.2) is 0 Å². The summed E-state index contributed by atoms with van der Waals surface area (Å²) in [4.78, 5) is 25.4. The van der Waals surface area contributed by atoms with Crippen molar-refractivity contribution in [3.05, 3.63) is 22.0 Å². The van der Waals surface area contributed by atoms with E-state index in [0.717, 1.165) is 64.5 Å². The second-order valence-corrected chi connectivity index (χ2v) is 6.31. The SMILES string of the molecule is CCc1nc(C)c2c(C)c(C(=O)N3CCCC3)sc2n1. The molecule has 1 fully saturated rings. The van der Waals surface area contributed by atoms with E-state index < -0.39 is 0 Å². The van der Waals surface area contributed by atoms with Crippen molar-refractivity contribution in [1.29, 1.82) is 0 Å². The number of likely N-dealkylation sites (tertiary alicyclic amines) is 1. The van der Waals surface area contributed by atoms with E-state index in [1.165, 1.54) is 11.3 Å². The molecule has 0 unspecified atom stereocenters. The normalized spacial score (nSPS) is 15.2. The summed E-state index contributed by atoms with van der Waals surface area (Å²) < 4.78 is 0. The molecule has 1 amide bonds. The van der Waals surface area contributed by atoms with Gasteiger partial charge in [-0.2, -0.15) is 0 Å². The first-order chi connectivity index (χ1) is 9.61. The fourth-order valence-electron chi connectivity index (χ4n) is 2.82. The van der Waals surface area contributed by atoms with Gasteiger partial charge < -0.3 is 4.90 Å². The first-order valence-electron chi connectivity index (χ1n) is 7.17. The average Bonchev–Trinajstić information content (AvgIpc) is 3.06. The number of carbonyl (C=O) groups is 1. The number of amides is 1. The molecule has 0 radical (unpaired) electrons. The summed E-state index contributed by atoms with van der Waals surface area (Å²) >= 11 is 1.52. The highest BCUT2D eigenvalue weighted by Gasteiger charge is 2.25. The monoisotopic (exact) mass is 289 g/mol. The van der Waals surface area contributed by atoms with Crippen LogP contribution in [-0.2, 0) is 6.42 Å². The van der Waals surface area contributed by atoms with Crippen molar-refractivity contribution in [3.8, 4) is 0 Å². The van der Waals surface area contributed by atoms with E-state index in [9.17, 15) is 4.79 Å². The van der Waals surface area contributed by atoms with Crippen LogP contribution in [0, 0.1) is 13.8 Å². The fourth-order valence-corrected chi connectivity index (χ4v) is 4.04. The van der Waals surface area contributed by atoms with E-state index in [2.05, 4.69) is 16.9 Å². The van der Waals surface area contributed by atoms with Crippen LogP contribution in [0.2, 0.25) is 0 Å². The lowest BCUT2D eigenvalue weighted by atomic mass is 10.1. The van der Waals surface area contributed by atoms with Crippen LogP contribution in [0.25, 0.3) is 10.2 Å². The zero-order valence-electron chi connectivity index (χ0n) is 12.2. The van der Waals surface area contributed by atoms with Gasteiger partial charge in [-0.3, -0.25) is 4.79 Å². The maximum Gasteiger partial charge on any atom is 0.264 e. The van der Waals surface area contributed by atoms with Gasteiger partial charge >= 0.3 is 0 Å². The number of hydrogen-bond acceptors (Lipinski definition) is 4. The number of carbonyl (C=O) groups excluding carboxylic acids is 1. The molecule has 2 aromatic heterocycles. The molecular weight excluding hydrogens is 270 g/mol. The second-order valence-electron chi connectivity index (χ2n) is 5.31. The molecule has 5 heteroatoms. The predicted octanol–water partition coefficient (Wildman–Crippen LogP) is 3.11. The van der Waals surface area contributed by atoms with Crippen LogP contribution in [0.3, 0.4) is 0 Å². The standard InChI is InChI=1S/C15H19N3OS/c1-4-11-16-10(3)12-9(2)13(20-14(12)17-11)15(19)18-7-5-6-8-18/h4-8H2,1-3H3. The number of nitrogens with zero attached hydrogens (tertiary/aromatic N) is 3. The first-order valence-corrected chi connectivity index (χ1v) is 7.99. The lowest BCUT2D eigenvalue weighted by molar-refractivity contribution is 0.0797. The molecule has 106 valence electrons. The number of aryl methyl sites for hydroxylation is 3. The molecular formula is C15H19N3OS. The third-order valence-electron chi connectivity index (χ3n) is 3.92. The van der Waals surface area contributed by atoms with Gasteiger partial charge in [0.1, 0.15) is 10.7 Å². The van der Waals surface area contributed by atoms with E-state index in [0.29, 0.717) is 0 Å². The third-order valence-corrected chi connectivity index (χ3v) is 5.09. The largest absolute Gasteiger partial charge is 0.338 e. The van der Waals surface area contributed by atoms with Gasteiger partial charge in [-0.15, -0.1) is 11.3 Å². The van der Waals surface area contributed by atoms with E-state index in [-0.39, 0.29) is 5.91 Å². The molecule has 0 aromatic carbocycles. The van der Waals surface area contributed by atoms with Crippen LogP contribution in [0.1, 0.15) is 46.5 Å². The molecule has 1 aliphatic heterocycles. The van der Waals surface area contributed by atoms with E-state index in [1.807, 2.05) is 18.7 Å². The minimum absolute atomic E-state index is 0.167. The Balaban J connectivity index is 2.10. The molecule has 4 nitrogen and oxygen atoms in total.